The highest BCUT2D eigenvalue weighted by atomic mass is 35.5. The van der Waals surface area contributed by atoms with Crippen LogP contribution in [-0.2, 0) is 21.9 Å². The lowest BCUT2D eigenvalue weighted by molar-refractivity contribution is 0.0981. The van der Waals surface area contributed by atoms with Crippen LogP contribution in [0.1, 0.15) is 72.9 Å². The number of carbonyl (C=O) groups excluding carboxylic acids is 1. The second kappa shape index (κ2) is 10.7. The van der Waals surface area contributed by atoms with Crippen molar-refractivity contribution in [1.82, 2.24) is 4.72 Å². The van der Waals surface area contributed by atoms with Crippen LogP contribution in [0.25, 0.3) is 0 Å². The predicted molar refractivity (Wildman–Crippen MR) is 154 cm³/mol. The predicted octanol–water partition coefficient (Wildman–Crippen LogP) is 4.54. The summed E-state index contributed by atoms with van der Waals surface area (Å²) < 4.78 is 33.9. The van der Waals surface area contributed by atoms with Crippen LogP contribution in [0.5, 0.6) is 11.5 Å². The van der Waals surface area contributed by atoms with Gasteiger partial charge in [0.05, 0.1) is 29.2 Å². The first kappa shape index (κ1) is 27.7. The van der Waals surface area contributed by atoms with Gasteiger partial charge in [0.15, 0.2) is 0 Å². The Hall–Kier alpha value is -2.49. The Kier molecular flexibility index (Phi) is 7.42. The van der Waals surface area contributed by atoms with Gasteiger partial charge in [0.1, 0.15) is 11.5 Å². The summed E-state index contributed by atoms with van der Waals surface area (Å²) in [5.74, 6) is 0.785. The van der Waals surface area contributed by atoms with Gasteiger partial charge in [-0.2, -0.15) is 0 Å². The number of nitrogens with one attached hydrogen (secondary N) is 1. The van der Waals surface area contributed by atoms with E-state index in [4.69, 9.17) is 16.3 Å². The number of phenols is 1. The lowest BCUT2D eigenvalue weighted by atomic mass is 9.68. The SMILES string of the molecule is O=C1NS(=O)(=O)CCC[C@@H](O)CC[C@H]2CC[C@H]2CN2C[C@@]3(CCCc4cc(Cl)c(O)cc43)COc3ccc1cc32. The monoisotopic (exact) mass is 588 g/mol. The highest BCUT2D eigenvalue weighted by Gasteiger charge is 2.44. The van der Waals surface area contributed by atoms with Crippen molar-refractivity contribution in [2.24, 2.45) is 11.8 Å². The van der Waals surface area contributed by atoms with E-state index in [2.05, 4.69) is 9.62 Å². The fourth-order valence-electron chi connectivity index (χ4n) is 7.12. The van der Waals surface area contributed by atoms with Crippen molar-refractivity contribution in [3.8, 4) is 11.5 Å². The van der Waals surface area contributed by atoms with E-state index in [1.54, 1.807) is 24.3 Å². The van der Waals surface area contributed by atoms with Crippen molar-refractivity contribution >= 4 is 33.2 Å². The maximum atomic E-state index is 13.1. The number of anilines is 1. The first-order valence-corrected chi connectivity index (χ1v) is 16.4. The fourth-order valence-corrected chi connectivity index (χ4v) is 8.36. The third-order valence-corrected chi connectivity index (χ3v) is 11.1. The van der Waals surface area contributed by atoms with Crippen molar-refractivity contribution in [2.75, 3.05) is 30.3 Å². The molecule has 2 aromatic carbocycles. The van der Waals surface area contributed by atoms with E-state index in [9.17, 15) is 23.4 Å². The number of hydrogen-bond acceptors (Lipinski definition) is 7. The van der Waals surface area contributed by atoms with E-state index < -0.39 is 22.0 Å². The number of aryl methyl sites for hydroxylation is 1. The minimum atomic E-state index is -3.83. The minimum absolute atomic E-state index is 0.0641. The van der Waals surface area contributed by atoms with E-state index in [0.29, 0.717) is 55.0 Å². The molecule has 4 aliphatic rings. The van der Waals surface area contributed by atoms with Crippen LogP contribution in [0.2, 0.25) is 5.02 Å². The van der Waals surface area contributed by atoms with Crippen LogP contribution in [0, 0.1) is 11.8 Å². The van der Waals surface area contributed by atoms with E-state index in [0.717, 1.165) is 61.9 Å². The Labute approximate surface area is 240 Å². The van der Waals surface area contributed by atoms with Gasteiger partial charge in [0.25, 0.3) is 5.91 Å². The molecular weight excluding hydrogens is 552 g/mol. The zero-order chi connectivity index (χ0) is 28.1. The minimum Gasteiger partial charge on any atom is -0.506 e. The Balaban J connectivity index is 1.40. The second-order valence-electron chi connectivity index (χ2n) is 12.2. The van der Waals surface area contributed by atoms with Crippen LogP contribution in [0.15, 0.2) is 30.3 Å². The number of nitrogens with zero attached hydrogens (tertiary/aromatic N) is 1. The molecule has 0 saturated heterocycles. The summed E-state index contributed by atoms with van der Waals surface area (Å²) in [5, 5.41) is 21.4. The zero-order valence-electron chi connectivity index (χ0n) is 22.6. The molecule has 6 rings (SSSR count). The number of aromatic hydroxyl groups is 1. The molecule has 2 heterocycles. The van der Waals surface area contributed by atoms with E-state index >= 15 is 0 Å². The molecule has 2 aliphatic carbocycles. The number of amides is 1. The first-order valence-electron chi connectivity index (χ1n) is 14.4. The molecule has 10 heteroatoms. The molecule has 2 aliphatic heterocycles. The molecule has 4 atom stereocenters. The quantitative estimate of drug-likeness (QED) is 0.414. The molecule has 1 saturated carbocycles. The highest BCUT2D eigenvalue weighted by molar-refractivity contribution is 7.90. The van der Waals surface area contributed by atoms with Crippen molar-refractivity contribution in [2.45, 2.75) is 69.3 Å². The van der Waals surface area contributed by atoms with Crippen LogP contribution in [0.4, 0.5) is 5.69 Å². The van der Waals surface area contributed by atoms with Gasteiger partial charge >= 0.3 is 0 Å². The molecule has 0 aromatic heterocycles. The summed E-state index contributed by atoms with van der Waals surface area (Å²) >= 11 is 6.29. The summed E-state index contributed by atoms with van der Waals surface area (Å²) in [6.07, 6.45) is 6.66. The Morgan fingerprint density at radius 1 is 1.05 bits per heavy atom. The third kappa shape index (κ3) is 5.40. The number of phenolic OH excluding ortho intramolecular Hbond substituents is 1. The van der Waals surface area contributed by atoms with E-state index in [1.807, 2.05) is 6.07 Å². The number of aliphatic hydroxyl groups excluding tert-OH is 1. The average molecular weight is 589 g/mol. The zero-order valence-corrected chi connectivity index (χ0v) is 24.1. The smallest absolute Gasteiger partial charge is 0.264 e. The van der Waals surface area contributed by atoms with Gasteiger partial charge in [-0.3, -0.25) is 4.79 Å². The second-order valence-corrected chi connectivity index (χ2v) is 14.4. The van der Waals surface area contributed by atoms with Gasteiger partial charge < -0.3 is 19.8 Å². The van der Waals surface area contributed by atoms with Crippen molar-refractivity contribution in [3.05, 3.63) is 52.0 Å². The summed E-state index contributed by atoms with van der Waals surface area (Å²) in [6.45, 7) is 1.84. The largest absolute Gasteiger partial charge is 0.506 e. The number of aliphatic hydroxyl groups is 1. The number of rotatable bonds is 0. The number of halogens is 1. The number of hydrogen-bond donors (Lipinski definition) is 3. The van der Waals surface area contributed by atoms with Gasteiger partial charge in [-0.1, -0.05) is 11.6 Å². The number of sulfonamides is 1. The first-order chi connectivity index (χ1) is 19.1. The molecule has 2 aromatic rings. The van der Waals surface area contributed by atoms with Gasteiger partial charge in [-0.05, 0) is 111 Å². The van der Waals surface area contributed by atoms with Crippen molar-refractivity contribution in [1.29, 1.82) is 0 Å². The van der Waals surface area contributed by atoms with E-state index in [-0.39, 0.29) is 22.5 Å². The lowest BCUT2D eigenvalue weighted by Gasteiger charge is -2.45. The van der Waals surface area contributed by atoms with Crippen LogP contribution >= 0.6 is 11.6 Å². The molecule has 216 valence electrons. The number of benzene rings is 2. The van der Waals surface area contributed by atoms with Gasteiger partial charge in [0, 0.05) is 24.1 Å². The summed E-state index contributed by atoms with van der Waals surface area (Å²) in [6, 6.07) is 8.80. The van der Waals surface area contributed by atoms with Gasteiger partial charge in [0.2, 0.25) is 10.0 Å². The third-order valence-electron chi connectivity index (χ3n) is 9.50. The molecule has 1 spiro atoms. The Morgan fingerprint density at radius 2 is 1.85 bits per heavy atom. The number of fused-ring (bicyclic) bond motifs is 4. The van der Waals surface area contributed by atoms with Gasteiger partial charge in [-0.25, -0.2) is 13.1 Å². The van der Waals surface area contributed by atoms with Crippen LogP contribution in [0.3, 0.4) is 0 Å². The fraction of sp³-hybridized carbons (Fsp3) is 0.567. The number of carbonyl (C=O) groups is 1. The molecule has 8 nitrogen and oxygen atoms in total. The van der Waals surface area contributed by atoms with Gasteiger partial charge in [-0.15, -0.1) is 0 Å². The normalized spacial score (nSPS) is 30.2. The Morgan fingerprint density at radius 3 is 2.65 bits per heavy atom. The highest BCUT2D eigenvalue weighted by Crippen LogP contribution is 2.48. The molecule has 0 unspecified atom stereocenters. The summed E-state index contributed by atoms with van der Waals surface area (Å²) in [7, 11) is -3.83. The molecular formula is C30H37ClN2O6S. The molecule has 1 amide bonds. The van der Waals surface area contributed by atoms with Crippen molar-refractivity contribution in [3.63, 3.8) is 0 Å². The maximum Gasteiger partial charge on any atom is 0.264 e. The van der Waals surface area contributed by atoms with Crippen molar-refractivity contribution < 1.29 is 28.2 Å². The maximum absolute atomic E-state index is 13.1. The lowest BCUT2D eigenvalue weighted by Crippen LogP contribution is -2.48. The van der Waals surface area contributed by atoms with Crippen LogP contribution in [-0.4, -0.2) is 56.1 Å². The molecule has 40 heavy (non-hydrogen) atoms. The van der Waals surface area contributed by atoms with E-state index in [1.165, 1.54) is 0 Å². The molecule has 1 fully saturated rings. The molecule has 3 N–H and O–H groups in total. The standard InChI is InChI=1S/C30H37ClN2O6S/c31-25-13-20-3-1-11-30(24(20)15-27(25)35)17-33-16-22-6-5-19(22)7-9-23(34)4-2-12-40(37,38)32-29(36)21-8-10-28(39-18-30)26(33)14-21/h8,10,13-15,19,22-23,34-35H,1-7,9,11-12,16-18H2,(H,32,36)/t19-,22+,23-,30+/m1/s1. The van der Waals surface area contributed by atoms with Crippen LogP contribution < -0.4 is 14.4 Å². The Bertz CT molecular complexity index is 1420. The molecule has 0 radical (unpaired) electrons. The molecule has 2 bridgehead atoms. The number of ether oxygens (including phenoxy) is 1. The summed E-state index contributed by atoms with van der Waals surface area (Å²) in [5.41, 5.74) is 2.84. The topological polar surface area (TPSA) is 116 Å². The summed E-state index contributed by atoms with van der Waals surface area (Å²) in [4.78, 5) is 15.4. The average Bonchev–Trinajstić information content (AvgIpc) is 3.04.